The largest absolute Gasteiger partial charge is 0.463 e. The number of ether oxygens (including phenoxy) is 5. The van der Waals surface area contributed by atoms with Crippen LogP contribution >= 0.6 is 0 Å². The minimum atomic E-state index is -0.495. The van der Waals surface area contributed by atoms with E-state index in [2.05, 4.69) is 20.8 Å². The Balaban J connectivity index is 2.74. The van der Waals surface area contributed by atoms with Crippen LogP contribution < -0.4 is 0 Å². The van der Waals surface area contributed by atoms with E-state index in [0.29, 0.717) is 32.8 Å². The second-order valence-corrected chi connectivity index (χ2v) is 12.1. The van der Waals surface area contributed by atoms with E-state index in [1.165, 1.54) is 96.3 Å². The number of nitrogens with zero attached hydrogens (tertiary/aromatic N) is 1. The standard InChI is InChI=1S/C34H67NO6/c1-6-9-12-15-18-21-26-37-32-30(29-40-31(36)24-25-35(4)5)41-34(39-28-23-20-17-14-11-8-3)33(32)38-27-22-19-16-13-10-7-2/h30,32-34H,6-29H2,1-5H3/t30?,32?,33-,34?/m0/s1. The first-order valence-electron chi connectivity index (χ1n) is 17.3. The van der Waals surface area contributed by atoms with Gasteiger partial charge in [0.25, 0.3) is 0 Å². The molecule has 0 amide bonds. The van der Waals surface area contributed by atoms with Gasteiger partial charge in [-0.2, -0.15) is 0 Å². The Bertz CT molecular complexity index is 590. The topological polar surface area (TPSA) is 66.5 Å². The summed E-state index contributed by atoms with van der Waals surface area (Å²) in [5.74, 6) is -0.210. The average Bonchev–Trinajstić information content (AvgIpc) is 3.29. The highest BCUT2D eigenvalue weighted by molar-refractivity contribution is 5.69. The predicted octanol–water partition coefficient (Wildman–Crippen LogP) is 8.07. The molecular weight excluding hydrogens is 518 g/mol. The van der Waals surface area contributed by atoms with Gasteiger partial charge in [-0.1, -0.05) is 117 Å². The molecule has 0 aromatic rings. The summed E-state index contributed by atoms with van der Waals surface area (Å²) in [6.45, 7) is 9.54. The number of esters is 1. The third-order valence-corrected chi connectivity index (χ3v) is 7.84. The van der Waals surface area contributed by atoms with Gasteiger partial charge in [-0.05, 0) is 33.4 Å². The zero-order valence-electron chi connectivity index (χ0n) is 27.7. The summed E-state index contributed by atoms with van der Waals surface area (Å²) in [7, 11) is 3.91. The highest BCUT2D eigenvalue weighted by atomic mass is 16.7. The molecule has 1 saturated heterocycles. The van der Waals surface area contributed by atoms with Gasteiger partial charge in [0.1, 0.15) is 24.9 Å². The summed E-state index contributed by atoms with van der Waals surface area (Å²) < 4.78 is 31.2. The minimum absolute atomic E-state index is 0.168. The Morgan fingerprint density at radius 2 is 1.05 bits per heavy atom. The van der Waals surface area contributed by atoms with Crippen LogP contribution in [0.25, 0.3) is 0 Å². The van der Waals surface area contributed by atoms with E-state index in [1.54, 1.807) is 0 Å². The molecule has 7 nitrogen and oxygen atoms in total. The van der Waals surface area contributed by atoms with Gasteiger partial charge in [0, 0.05) is 26.4 Å². The summed E-state index contributed by atoms with van der Waals surface area (Å²) in [5, 5.41) is 0. The molecule has 0 radical (unpaired) electrons. The number of rotatable bonds is 29. The van der Waals surface area contributed by atoms with E-state index in [0.717, 1.165) is 19.3 Å². The third kappa shape index (κ3) is 20.0. The predicted molar refractivity (Wildman–Crippen MR) is 168 cm³/mol. The van der Waals surface area contributed by atoms with Gasteiger partial charge in [0.2, 0.25) is 0 Å². The Morgan fingerprint density at radius 3 is 1.54 bits per heavy atom. The second kappa shape index (κ2) is 26.9. The third-order valence-electron chi connectivity index (χ3n) is 7.84. The Hall–Kier alpha value is -0.730. The first kappa shape index (κ1) is 38.3. The normalized spacial score (nSPS) is 20.7. The molecule has 4 atom stereocenters. The van der Waals surface area contributed by atoms with Crippen LogP contribution in [0.2, 0.25) is 0 Å². The molecule has 7 heteroatoms. The molecule has 1 heterocycles. The van der Waals surface area contributed by atoms with Gasteiger partial charge < -0.3 is 28.6 Å². The lowest BCUT2D eigenvalue weighted by atomic mass is 10.1. The van der Waals surface area contributed by atoms with Crippen molar-refractivity contribution in [2.45, 2.75) is 167 Å². The maximum atomic E-state index is 12.4. The Labute approximate surface area is 253 Å². The molecule has 0 aliphatic carbocycles. The first-order valence-corrected chi connectivity index (χ1v) is 17.3. The monoisotopic (exact) mass is 585 g/mol. The van der Waals surface area contributed by atoms with Crippen LogP contribution in [0.3, 0.4) is 0 Å². The van der Waals surface area contributed by atoms with Crippen molar-refractivity contribution in [3.63, 3.8) is 0 Å². The maximum absolute atomic E-state index is 12.4. The highest BCUT2D eigenvalue weighted by Gasteiger charge is 2.47. The lowest BCUT2D eigenvalue weighted by Crippen LogP contribution is -2.40. The van der Waals surface area contributed by atoms with Crippen LogP contribution in [-0.2, 0) is 28.5 Å². The van der Waals surface area contributed by atoms with Gasteiger partial charge in [-0.3, -0.25) is 4.79 Å². The summed E-state index contributed by atoms with van der Waals surface area (Å²) >= 11 is 0. The molecule has 244 valence electrons. The van der Waals surface area contributed by atoms with Gasteiger partial charge in [0.15, 0.2) is 6.29 Å². The van der Waals surface area contributed by atoms with E-state index in [4.69, 9.17) is 23.7 Å². The molecule has 0 saturated carbocycles. The smallest absolute Gasteiger partial charge is 0.307 e. The van der Waals surface area contributed by atoms with Gasteiger partial charge in [-0.15, -0.1) is 0 Å². The van der Waals surface area contributed by atoms with Crippen molar-refractivity contribution in [2.24, 2.45) is 0 Å². The van der Waals surface area contributed by atoms with Gasteiger partial charge >= 0.3 is 5.97 Å². The summed E-state index contributed by atoms with van der Waals surface area (Å²) in [4.78, 5) is 14.4. The minimum Gasteiger partial charge on any atom is -0.463 e. The van der Waals surface area contributed by atoms with E-state index in [9.17, 15) is 4.79 Å². The van der Waals surface area contributed by atoms with Crippen molar-refractivity contribution in [2.75, 3.05) is 47.1 Å². The SMILES string of the molecule is CCCCCCCCOC1OC(COC(=O)CCN(C)C)C(OCCCCCCCC)[C@@H]1OCCCCCCCC. The van der Waals surface area contributed by atoms with Crippen LogP contribution in [0.1, 0.15) is 143 Å². The van der Waals surface area contributed by atoms with Crippen molar-refractivity contribution in [3.05, 3.63) is 0 Å². The number of carbonyl (C=O) groups is 1. The second-order valence-electron chi connectivity index (χ2n) is 12.1. The molecule has 1 aliphatic heterocycles. The van der Waals surface area contributed by atoms with Crippen molar-refractivity contribution in [3.8, 4) is 0 Å². The zero-order valence-corrected chi connectivity index (χ0v) is 27.7. The quantitative estimate of drug-likeness (QED) is 0.0649. The fourth-order valence-corrected chi connectivity index (χ4v) is 5.19. The molecule has 0 bridgehead atoms. The fraction of sp³-hybridized carbons (Fsp3) is 0.971. The van der Waals surface area contributed by atoms with Crippen LogP contribution in [0.15, 0.2) is 0 Å². The summed E-state index contributed by atoms with van der Waals surface area (Å²) in [6, 6.07) is 0. The van der Waals surface area contributed by atoms with Crippen molar-refractivity contribution in [1.82, 2.24) is 4.90 Å². The van der Waals surface area contributed by atoms with Crippen molar-refractivity contribution in [1.29, 1.82) is 0 Å². The molecule has 3 unspecified atom stereocenters. The Kier molecular flexibility index (Phi) is 25.1. The molecule has 1 rings (SSSR count). The number of unbranched alkanes of at least 4 members (excludes halogenated alkanes) is 15. The number of carbonyl (C=O) groups excluding carboxylic acids is 1. The molecule has 1 fully saturated rings. The van der Waals surface area contributed by atoms with E-state index in [-0.39, 0.29) is 30.9 Å². The molecule has 0 aromatic heterocycles. The first-order chi connectivity index (χ1) is 20.0. The highest BCUT2D eigenvalue weighted by Crippen LogP contribution is 2.29. The van der Waals surface area contributed by atoms with Crippen molar-refractivity contribution < 1.29 is 28.5 Å². The Morgan fingerprint density at radius 1 is 0.610 bits per heavy atom. The molecule has 41 heavy (non-hydrogen) atoms. The average molecular weight is 586 g/mol. The lowest BCUT2D eigenvalue weighted by Gasteiger charge is -2.25. The summed E-state index contributed by atoms with van der Waals surface area (Å²) in [5.41, 5.74) is 0. The number of hydrogen-bond donors (Lipinski definition) is 0. The molecule has 0 aromatic carbocycles. The van der Waals surface area contributed by atoms with Crippen molar-refractivity contribution >= 4 is 5.97 Å². The van der Waals surface area contributed by atoms with Crippen LogP contribution in [0.4, 0.5) is 0 Å². The molecule has 1 aliphatic rings. The summed E-state index contributed by atoms with van der Waals surface area (Å²) in [6.07, 6.45) is 20.7. The van der Waals surface area contributed by atoms with Crippen LogP contribution in [0.5, 0.6) is 0 Å². The zero-order chi connectivity index (χ0) is 30.0. The molecule has 0 spiro atoms. The molecule has 0 N–H and O–H groups in total. The molecular formula is C34H67NO6. The van der Waals surface area contributed by atoms with Gasteiger partial charge in [-0.25, -0.2) is 0 Å². The number of hydrogen-bond acceptors (Lipinski definition) is 7. The fourth-order valence-electron chi connectivity index (χ4n) is 5.19. The van der Waals surface area contributed by atoms with E-state index in [1.807, 2.05) is 19.0 Å². The maximum Gasteiger partial charge on any atom is 0.307 e. The van der Waals surface area contributed by atoms with Crippen LogP contribution in [0, 0.1) is 0 Å². The van der Waals surface area contributed by atoms with E-state index >= 15 is 0 Å². The van der Waals surface area contributed by atoms with Crippen LogP contribution in [-0.4, -0.2) is 82.5 Å². The van der Waals surface area contributed by atoms with E-state index < -0.39 is 6.29 Å². The lowest BCUT2D eigenvalue weighted by molar-refractivity contribution is -0.184. The van der Waals surface area contributed by atoms with Gasteiger partial charge in [0.05, 0.1) is 6.42 Å².